The molecule has 1 aliphatic rings. The fraction of sp³-hybridized carbons (Fsp3) is 0.846. The van der Waals surface area contributed by atoms with Gasteiger partial charge < -0.3 is 19.6 Å². The van der Waals surface area contributed by atoms with Crippen molar-refractivity contribution in [3.05, 3.63) is 0 Å². The molecule has 0 aromatic rings. The lowest BCUT2D eigenvalue weighted by Gasteiger charge is -2.35. The molecule has 110 valence electrons. The molecule has 0 radical (unpaired) electrons. The van der Waals surface area contributed by atoms with Crippen molar-refractivity contribution in [3.8, 4) is 0 Å². The molecular formula is C13H24N2O4. The first kappa shape index (κ1) is 15.8. The predicted octanol–water partition coefficient (Wildman–Crippen LogP) is 1.40. The summed E-state index contributed by atoms with van der Waals surface area (Å²) in [5.74, 6) is -0.890. The molecule has 1 fully saturated rings. The molecule has 0 aromatic heterocycles. The number of rotatable bonds is 5. The largest absolute Gasteiger partial charge is 0.481 e. The fourth-order valence-corrected chi connectivity index (χ4v) is 2.57. The van der Waals surface area contributed by atoms with Gasteiger partial charge in [0.05, 0.1) is 18.6 Å². The summed E-state index contributed by atoms with van der Waals surface area (Å²) in [5.41, 5.74) is 0. The van der Waals surface area contributed by atoms with Gasteiger partial charge >= 0.3 is 12.0 Å². The monoisotopic (exact) mass is 272 g/mol. The molecule has 1 N–H and O–H groups in total. The SMILES string of the molecule is CCN(C(=O)N(C)C1CCOC1C)C(C)CC(=O)O. The molecule has 1 rings (SSSR count). The van der Waals surface area contributed by atoms with Crippen molar-refractivity contribution >= 4 is 12.0 Å². The van der Waals surface area contributed by atoms with E-state index in [2.05, 4.69) is 0 Å². The van der Waals surface area contributed by atoms with Crippen LogP contribution in [0.25, 0.3) is 0 Å². The van der Waals surface area contributed by atoms with E-state index in [0.717, 1.165) is 6.42 Å². The number of ether oxygens (including phenoxy) is 1. The molecule has 1 saturated heterocycles. The summed E-state index contributed by atoms with van der Waals surface area (Å²) in [6.45, 7) is 6.74. The number of nitrogens with zero attached hydrogens (tertiary/aromatic N) is 2. The van der Waals surface area contributed by atoms with Crippen molar-refractivity contribution < 1.29 is 19.4 Å². The van der Waals surface area contributed by atoms with Gasteiger partial charge in [-0.3, -0.25) is 4.79 Å². The highest BCUT2D eigenvalue weighted by atomic mass is 16.5. The summed E-state index contributed by atoms with van der Waals surface area (Å²) in [5, 5.41) is 8.83. The zero-order valence-corrected chi connectivity index (χ0v) is 12.1. The van der Waals surface area contributed by atoms with Crippen LogP contribution >= 0.6 is 0 Å². The van der Waals surface area contributed by atoms with E-state index in [9.17, 15) is 9.59 Å². The molecule has 1 aliphatic heterocycles. The maximum absolute atomic E-state index is 12.4. The van der Waals surface area contributed by atoms with Gasteiger partial charge in [-0.05, 0) is 27.2 Å². The smallest absolute Gasteiger partial charge is 0.320 e. The molecule has 19 heavy (non-hydrogen) atoms. The second kappa shape index (κ2) is 6.75. The van der Waals surface area contributed by atoms with Crippen molar-refractivity contribution in [1.29, 1.82) is 0 Å². The van der Waals surface area contributed by atoms with Gasteiger partial charge in [0.2, 0.25) is 0 Å². The van der Waals surface area contributed by atoms with Crippen molar-refractivity contribution in [2.24, 2.45) is 0 Å². The van der Waals surface area contributed by atoms with Crippen LogP contribution in [-0.4, -0.2) is 65.3 Å². The number of hydrogen-bond acceptors (Lipinski definition) is 3. The highest BCUT2D eigenvalue weighted by molar-refractivity contribution is 5.76. The van der Waals surface area contributed by atoms with Crippen LogP contribution in [0.4, 0.5) is 4.79 Å². The van der Waals surface area contributed by atoms with Gasteiger partial charge in [0.15, 0.2) is 0 Å². The van der Waals surface area contributed by atoms with Gasteiger partial charge in [-0.15, -0.1) is 0 Å². The maximum atomic E-state index is 12.4. The summed E-state index contributed by atoms with van der Waals surface area (Å²) in [4.78, 5) is 26.5. The van der Waals surface area contributed by atoms with Crippen LogP contribution in [0.1, 0.15) is 33.6 Å². The molecule has 0 spiro atoms. The van der Waals surface area contributed by atoms with E-state index >= 15 is 0 Å². The predicted molar refractivity (Wildman–Crippen MR) is 71.1 cm³/mol. The minimum atomic E-state index is -0.890. The van der Waals surface area contributed by atoms with Crippen molar-refractivity contribution in [2.45, 2.75) is 51.8 Å². The number of carboxylic acid groups (broad SMARTS) is 1. The van der Waals surface area contributed by atoms with E-state index in [-0.39, 0.29) is 30.6 Å². The molecule has 2 amide bonds. The van der Waals surface area contributed by atoms with Crippen LogP contribution < -0.4 is 0 Å². The van der Waals surface area contributed by atoms with Crippen LogP contribution in [-0.2, 0) is 9.53 Å². The number of aliphatic carboxylic acids is 1. The molecule has 0 bridgehead atoms. The molecule has 0 aliphatic carbocycles. The Hall–Kier alpha value is -1.30. The second-order valence-corrected chi connectivity index (χ2v) is 5.06. The van der Waals surface area contributed by atoms with Crippen LogP contribution in [0.5, 0.6) is 0 Å². The van der Waals surface area contributed by atoms with Crippen LogP contribution in [0, 0.1) is 0 Å². The molecule has 1 heterocycles. The zero-order chi connectivity index (χ0) is 14.6. The number of urea groups is 1. The van der Waals surface area contributed by atoms with E-state index in [1.54, 1.807) is 23.8 Å². The van der Waals surface area contributed by atoms with E-state index in [1.165, 1.54) is 0 Å². The number of carbonyl (C=O) groups is 2. The molecule has 3 atom stereocenters. The van der Waals surface area contributed by atoms with E-state index in [1.807, 2.05) is 13.8 Å². The quantitative estimate of drug-likeness (QED) is 0.821. The third kappa shape index (κ3) is 3.83. The van der Waals surface area contributed by atoms with Crippen LogP contribution in [0.2, 0.25) is 0 Å². The van der Waals surface area contributed by atoms with E-state index in [0.29, 0.717) is 13.2 Å². The topological polar surface area (TPSA) is 70.1 Å². The Labute approximate surface area is 114 Å². The van der Waals surface area contributed by atoms with E-state index < -0.39 is 5.97 Å². The number of amides is 2. The summed E-state index contributed by atoms with van der Waals surface area (Å²) < 4.78 is 5.47. The minimum absolute atomic E-state index is 0.0300. The maximum Gasteiger partial charge on any atom is 0.320 e. The highest BCUT2D eigenvalue weighted by Crippen LogP contribution is 2.20. The first-order chi connectivity index (χ1) is 8.88. The van der Waals surface area contributed by atoms with Gasteiger partial charge in [0.25, 0.3) is 0 Å². The average Bonchev–Trinajstić information content (AvgIpc) is 2.74. The van der Waals surface area contributed by atoms with Gasteiger partial charge in [-0.1, -0.05) is 0 Å². The molecule has 6 nitrogen and oxygen atoms in total. The van der Waals surface area contributed by atoms with E-state index in [4.69, 9.17) is 9.84 Å². The molecule has 0 aromatic carbocycles. The Morgan fingerprint density at radius 1 is 1.47 bits per heavy atom. The Balaban J connectivity index is 2.69. The third-order valence-electron chi connectivity index (χ3n) is 3.72. The Bertz CT molecular complexity index is 335. The van der Waals surface area contributed by atoms with Crippen molar-refractivity contribution in [3.63, 3.8) is 0 Å². The molecule has 0 saturated carbocycles. The Morgan fingerprint density at radius 2 is 2.11 bits per heavy atom. The summed E-state index contributed by atoms with van der Waals surface area (Å²) >= 11 is 0. The van der Waals surface area contributed by atoms with Crippen LogP contribution in [0.15, 0.2) is 0 Å². The molecular weight excluding hydrogens is 248 g/mol. The van der Waals surface area contributed by atoms with Crippen molar-refractivity contribution in [2.75, 3.05) is 20.2 Å². The standard InChI is InChI=1S/C13H24N2O4/c1-5-15(9(2)8-12(16)17)13(18)14(4)11-6-7-19-10(11)3/h9-11H,5-8H2,1-4H3,(H,16,17). The van der Waals surface area contributed by atoms with Crippen LogP contribution in [0.3, 0.4) is 0 Å². The third-order valence-corrected chi connectivity index (χ3v) is 3.72. The average molecular weight is 272 g/mol. The number of likely N-dealkylation sites (N-methyl/N-ethyl adjacent to an activating group) is 1. The Kier molecular flexibility index (Phi) is 5.60. The summed E-state index contributed by atoms with van der Waals surface area (Å²) in [6, 6.07) is -0.368. The summed E-state index contributed by atoms with van der Waals surface area (Å²) in [7, 11) is 1.76. The second-order valence-electron chi connectivity index (χ2n) is 5.06. The fourth-order valence-electron chi connectivity index (χ4n) is 2.57. The first-order valence-corrected chi connectivity index (χ1v) is 6.75. The molecule has 6 heteroatoms. The van der Waals surface area contributed by atoms with Crippen molar-refractivity contribution in [1.82, 2.24) is 9.80 Å². The number of carboxylic acids is 1. The normalized spacial score (nSPS) is 24.0. The van der Waals surface area contributed by atoms with Gasteiger partial charge in [0, 0.05) is 26.2 Å². The number of hydrogen-bond donors (Lipinski definition) is 1. The van der Waals surface area contributed by atoms with Gasteiger partial charge in [-0.25, -0.2) is 4.79 Å². The van der Waals surface area contributed by atoms with Gasteiger partial charge in [-0.2, -0.15) is 0 Å². The minimum Gasteiger partial charge on any atom is -0.481 e. The highest BCUT2D eigenvalue weighted by Gasteiger charge is 2.33. The Morgan fingerprint density at radius 3 is 2.53 bits per heavy atom. The lowest BCUT2D eigenvalue weighted by atomic mass is 10.1. The van der Waals surface area contributed by atoms with Gasteiger partial charge in [0.1, 0.15) is 0 Å². The molecule has 3 unspecified atom stereocenters. The lowest BCUT2D eigenvalue weighted by molar-refractivity contribution is -0.138. The number of carbonyl (C=O) groups excluding carboxylic acids is 1. The zero-order valence-electron chi connectivity index (χ0n) is 12.1. The lowest BCUT2D eigenvalue weighted by Crippen LogP contribution is -2.51. The summed E-state index contributed by atoms with van der Waals surface area (Å²) in [6.07, 6.45) is 0.820. The first-order valence-electron chi connectivity index (χ1n) is 6.75.